The molecule has 14 heteroatoms. The Morgan fingerprint density at radius 2 is 1.30 bits per heavy atom. The van der Waals surface area contributed by atoms with Crippen LogP contribution < -0.4 is 9.47 Å². The van der Waals surface area contributed by atoms with E-state index in [1.165, 1.54) is 27.7 Å². The number of thioether (sulfide) groups is 1. The first-order valence-electron chi connectivity index (χ1n) is 15.8. The van der Waals surface area contributed by atoms with E-state index >= 15 is 0 Å². The second kappa shape index (κ2) is 16.2. The van der Waals surface area contributed by atoms with Crippen molar-refractivity contribution in [3.8, 4) is 22.8 Å². The number of hydrogen-bond acceptors (Lipinski definition) is 14. The van der Waals surface area contributed by atoms with Crippen molar-refractivity contribution in [3.63, 3.8) is 0 Å². The van der Waals surface area contributed by atoms with E-state index in [1.54, 1.807) is 14.2 Å². The van der Waals surface area contributed by atoms with Crippen LogP contribution in [0.1, 0.15) is 50.9 Å². The fourth-order valence-electron chi connectivity index (χ4n) is 5.81. The van der Waals surface area contributed by atoms with Gasteiger partial charge in [0.15, 0.2) is 28.9 Å². The maximum atomic E-state index is 12.4. The van der Waals surface area contributed by atoms with E-state index < -0.39 is 53.7 Å². The standard InChI is InChI=1S/C36H38N2O11S/c1-19(39)45-18-29-32(46-20(2)40)33(47-21(3)41)34(48-22(4)42)35(49-29)50-36-37-30(24-9-14-27(44-6)15-10-24)28-16-11-25(31(28)38-36)17-23-7-12-26(43-5)13-8-23/h7-10,12-15,17,29,32-35H,11,16,18H2,1-6H3/b25-17+/t29-,32-,33+,34-,35+/m1/s1. The fourth-order valence-corrected chi connectivity index (χ4v) is 6.85. The average molecular weight is 707 g/mol. The number of nitrogens with zero attached hydrogens (tertiary/aromatic N) is 2. The Balaban J connectivity index is 1.60. The van der Waals surface area contributed by atoms with Gasteiger partial charge in [-0.05, 0) is 66.5 Å². The number of esters is 4. The van der Waals surface area contributed by atoms with Crippen molar-refractivity contribution in [2.75, 3.05) is 20.8 Å². The molecule has 1 aromatic heterocycles. The summed E-state index contributed by atoms with van der Waals surface area (Å²) in [6, 6.07) is 15.2. The van der Waals surface area contributed by atoms with Crippen LogP contribution in [0.25, 0.3) is 22.9 Å². The monoisotopic (exact) mass is 706 g/mol. The number of benzene rings is 2. The number of carbonyl (C=O) groups is 4. The highest BCUT2D eigenvalue weighted by Crippen LogP contribution is 2.42. The summed E-state index contributed by atoms with van der Waals surface area (Å²) in [5, 5.41) is 0.276. The number of aromatic nitrogens is 2. The van der Waals surface area contributed by atoms with Crippen molar-refractivity contribution in [2.24, 2.45) is 0 Å². The minimum atomic E-state index is -1.31. The molecule has 1 saturated heterocycles. The zero-order valence-corrected chi connectivity index (χ0v) is 29.3. The van der Waals surface area contributed by atoms with Gasteiger partial charge in [-0.1, -0.05) is 23.9 Å². The number of rotatable bonds is 11. The van der Waals surface area contributed by atoms with Gasteiger partial charge in [0.2, 0.25) is 0 Å². The molecule has 50 heavy (non-hydrogen) atoms. The maximum absolute atomic E-state index is 12.4. The van der Waals surface area contributed by atoms with Crippen LogP contribution in [0.2, 0.25) is 0 Å². The molecule has 5 rings (SSSR count). The molecule has 1 fully saturated rings. The van der Waals surface area contributed by atoms with E-state index in [4.69, 9.17) is 43.1 Å². The lowest BCUT2D eigenvalue weighted by atomic mass is 9.99. The Bertz CT molecular complexity index is 1760. The largest absolute Gasteiger partial charge is 0.497 e. The van der Waals surface area contributed by atoms with E-state index in [0.29, 0.717) is 24.3 Å². The second-order valence-electron chi connectivity index (χ2n) is 11.5. The van der Waals surface area contributed by atoms with Crippen LogP contribution in [0, 0.1) is 0 Å². The molecule has 1 aliphatic heterocycles. The molecule has 3 aromatic rings. The first kappa shape index (κ1) is 36.3. The normalized spacial score (nSPS) is 21.9. The summed E-state index contributed by atoms with van der Waals surface area (Å²) in [5.41, 5.74) is 4.10. The Morgan fingerprint density at radius 1 is 0.740 bits per heavy atom. The van der Waals surface area contributed by atoms with Gasteiger partial charge in [-0.2, -0.15) is 0 Å². The topological polar surface area (TPSA) is 159 Å². The molecule has 0 spiro atoms. The molecule has 5 atom stereocenters. The molecular weight excluding hydrogens is 668 g/mol. The van der Waals surface area contributed by atoms with E-state index in [-0.39, 0.29) is 11.8 Å². The van der Waals surface area contributed by atoms with Gasteiger partial charge >= 0.3 is 23.9 Å². The summed E-state index contributed by atoms with van der Waals surface area (Å²) < 4.78 is 39.1. The van der Waals surface area contributed by atoms with Crippen LogP contribution in [0.4, 0.5) is 0 Å². The van der Waals surface area contributed by atoms with Crippen LogP contribution in [0.15, 0.2) is 53.7 Å². The number of hydrogen-bond donors (Lipinski definition) is 0. The highest BCUT2D eigenvalue weighted by atomic mass is 32.2. The van der Waals surface area contributed by atoms with Gasteiger partial charge < -0.3 is 33.2 Å². The molecular formula is C36H38N2O11S. The maximum Gasteiger partial charge on any atom is 0.303 e. The molecule has 13 nitrogen and oxygen atoms in total. The van der Waals surface area contributed by atoms with Gasteiger partial charge in [0.1, 0.15) is 24.2 Å². The first-order valence-corrected chi connectivity index (χ1v) is 16.7. The molecule has 2 aromatic carbocycles. The summed E-state index contributed by atoms with van der Waals surface area (Å²) in [6.07, 6.45) is -1.47. The molecule has 0 N–H and O–H groups in total. The summed E-state index contributed by atoms with van der Waals surface area (Å²) in [7, 11) is 3.21. The van der Waals surface area contributed by atoms with E-state index in [1.807, 2.05) is 48.5 Å². The van der Waals surface area contributed by atoms with E-state index in [9.17, 15) is 19.2 Å². The predicted octanol–water partition coefficient (Wildman–Crippen LogP) is 4.82. The molecule has 0 saturated carbocycles. The lowest BCUT2D eigenvalue weighted by Crippen LogP contribution is -2.61. The minimum Gasteiger partial charge on any atom is -0.497 e. The van der Waals surface area contributed by atoms with Crippen molar-refractivity contribution >= 4 is 47.3 Å². The highest BCUT2D eigenvalue weighted by Gasteiger charge is 2.53. The Morgan fingerprint density at radius 3 is 1.88 bits per heavy atom. The smallest absolute Gasteiger partial charge is 0.303 e. The molecule has 0 bridgehead atoms. The third-order valence-electron chi connectivity index (χ3n) is 7.93. The summed E-state index contributed by atoms with van der Waals surface area (Å²) in [5.74, 6) is -1.30. The molecule has 0 amide bonds. The molecule has 0 radical (unpaired) electrons. The number of ether oxygens (including phenoxy) is 7. The van der Waals surface area contributed by atoms with Crippen molar-refractivity contribution in [3.05, 3.63) is 65.4 Å². The predicted molar refractivity (Wildman–Crippen MR) is 181 cm³/mol. The van der Waals surface area contributed by atoms with Crippen molar-refractivity contribution in [1.29, 1.82) is 0 Å². The lowest BCUT2D eigenvalue weighted by molar-refractivity contribution is -0.237. The fraction of sp³-hybridized carbons (Fsp3) is 0.389. The van der Waals surface area contributed by atoms with Gasteiger partial charge in [0.05, 0.1) is 25.6 Å². The van der Waals surface area contributed by atoms with Crippen LogP contribution in [-0.4, -0.2) is 84.5 Å². The number of fused-ring (bicyclic) bond motifs is 1. The van der Waals surface area contributed by atoms with Crippen molar-refractivity contribution in [2.45, 2.75) is 75.5 Å². The number of carbonyl (C=O) groups excluding carboxylic acids is 4. The van der Waals surface area contributed by atoms with Gasteiger partial charge in [0, 0.05) is 38.8 Å². The van der Waals surface area contributed by atoms with Crippen LogP contribution in [0.5, 0.6) is 11.5 Å². The molecule has 2 aliphatic rings. The molecule has 264 valence electrons. The van der Waals surface area contributed by atoms with Crippen molar-refractivity contribution in [1.82, 2.24) is 9.97 Å². The van der Waals surface area contributed by atoms with Crippen LogP contribution in [-0.2, 0) is 49.3 Å². The van der Waals surface area contributed by atoms with Crippen molar-refractivity contribution < 1.29 is 52.3 Å². The summed E-state index contributed by atoms with van der Waals surface area (Å²) >= 11 is 1.04. The van der Waals surface area contributed by atoms with Gasteiger partial charge in [-0.3, -0.25) is 19.2 Å². The third kappa shape index (κ3) is 8.79. The zero-order valence-electron chi connectivity index (χ0n) is 28.5. The Kier molecular flexibility index (Phi) is 11.8. The van der Waals surface area contributed by atoms with Crippen LogP contribution >= 0.6 is 11.8 Å². The SMILES string of the molecule is COc1ccc(/C=C2\CCc3c2nc(S[C@@H]2O[C@H](COC(C)=O)[C@@H](OC(C)=O)[C@H](OC(C)=O)[C@H]2OC(C)=O)nc3-c2ccc(OC)cc2)cc1. The zero-order chi connectivity index (χ0) is 35.9. The highest BCUT2D eigenvalue weighted by molar-refractivity contribution is 7.99. The molecule has 2 heterocycles. The van der Waals surface area contributed by atoms with E-state index in [2.05, 4.69) is 6.08 Å². The first-order chi connectivity index (χ1) is 23.9. The number of allylic oxidation sites excluding steroid dienone is 1. The molecule has 0 unspecified atom stereocenters. The third-order valence-corrected chi connectivity index (χ3v) is 8.93. The quantitative estimate of drug-likeness (QED) is 0.152. The van der Waals surface area contributed by atoms with Gasteiger partial charge in [0.25, 0.3) is 0 Å². The number of methoxy groups -OCH3 is 2. The average Bonchev–Trinajstić information content (AvgIpc) is 3.48. The van der Waals surface area contributed by atoms with Gasteiger partial charge in [-0.15, -0.1) is 0 Å². The summed E-state index contributed by atoms with van der Waals surface area (Å²) in [4.78, 5) is 58.6. The van der Waals surface area contributed by atoms with Crippen LogP contribution in [0.3, 0.4) is 0 Å². The Labute approximate surface area is 293 Å². The minimum absolute atomic E-state index is 0.276. The Hall–Kier alpha value is -4.95. The second-order valence-corrected chi connectivity index (χ2v) is 12.6. The van der Waals surface area contributed by atoms with E-state index in [0.717, 1.165) is 45.5 Å². The molecule has 1 aliphatic carbocycles. The lowest BCUT2D eigenvalue weighted by Gasteiger charge is -2.43. The summed E-state index contributed by atoms with van der Waals surface area (Å²) in [6.45, 7) is 4.42. The van der Waals surface area contributed by atoms with Gasteiger partial charge in [-0.25, -0.2) is 9.97 Å².